The molecule has 0 aromatic heterocycles. The first-order chi connectivity index (χ1) is 5.12. The molecule has 0 aliphatic carbocycles. The van der Waals surface area contributed by atoms with E-state index < -0.39 is 5.60 Å². The molecule has 0 heterocycles. The second-order valence-electron chi connectivity index (χ2n) is 3.35. The van der Waals surface area contributed by atoms with E-state index in [9.17, 15) is 5.11 Å². The average Bonchev–Trinajstić information content (AvgIpc) is 1.99. The largest absolute Gasteiger partial charge is 0.390 e. The van der Waals surface area contributed by atoms with Crippen molar-refractivity contribution in [3.05, 3.63) is 0 Å². The Morgan fingerprint density at radius 1 is 1.27 bits per heavy atom. The zero-order chi connectivity index (χ0) is 8.74. The molecule has 0 aliphatic rings. The summed E-state index contributed by atoms with van der Waals surface area (Å²) in [4.78, 5) is 0. The van der Waals surface area contributed by atoms with E-state index in [-0.39, 0.29) is 0 Å². The van der Waals surface area contributed by atoms with Gasteiger partial charge in [-0.15, -0.1) is 0 Å². The van der Waals surface area contributed by atoms with E-state index >= 15 is 0 Å². The monoisotopic (exact) mass is 159 g/mol. The average molecular weight is 159 g/mol. The van der Waals surface area contributed by atoms with E-state index in [1.165, 1.54) is 0 Å². The lowest BCUT2D eigenvalue weighted by Crippen LogP contribution is -2.29. The van der Waals surface area contributed by atoms with Gasteiger partial charge in [0.15, 0.2) is 0 Å². The molecule has 0 amide bonds. The van der Waals surface area contributed by atoms with E-state index in [2.05, 4.69) is 12.2 Å². The quantitative estimate of drug-likeness (QED) is 0.576. The maximum atomic E-state index is 9.58. The van der Waals surface area contributed by atoms with Gasteiger partial charge >= 0.3 is 0 Å². The summed E-state index contributed by atoms with van der Waals surface area (Å²) in [6.45, 7) is 8.03. The van der Waals surface area contributed by atoms with Crippen LogP contribution in [0.25, 0.3) is 0 Å². The van der Waals surface area contributed by atoms with E-state index in [0.717, 1.165) is 32.4 Å². The summed E-state index contributed by atoms with van der Waals surface area (Å²) >= 11 is 0. The Morgan fingerprint density at radius 3 is 2.36 bits per heavy atom. The Hall–Kier alpha value is -0.0800. The van der Waals surface area contributed by atoms with E-state index in [1.807, 2.05) is 13.8 Å². The van der Waals surface area contributed by atoms with Gasteiger partial charge in [0.1, 0.15) is 0 Å². The van der Waals surface area contributed by atoms with Gasteiger partial charge in [0, 0.05) is 0 Å². The van der Waals surface area contributed by atoms with Crippen LogP contribution < -0.4 is 5.32 Å². The topological polar surface area (TPSA) is 32.3 Å². The van der Waals surface area contributed by atoms with E-state index in [0.29, 0.717) is 0 Å². The minimum absolute atomic E-state index is 0.471. The highest BCUT2D eigenvalue weighted by Gasteiger charge is 2.15. The van der Waals surface area contributed by atoms with Crippen molar-refractivity contribution in [1.29, 1.82) is 0 Å². The molecular weight excluding hydrogens is 138 g/mol. The number of rotatable bonds is 6. The molecule has 0 spiro atoms. The van der Waals surface area contributed by atoms with Crippen LogP contribution in [0.1, 0.15) is 40.0 Å². The van der Waals surface area contributed by atoms with Crippen molar-refractivity contribution < 1.29 is 5.11 Å². The highest BCUT2D eigenvalue weighted by molar-refractivity contribution is 4.70. The van der Waals surface area contributed by atoms with Crippen molar-refractivity contribution in [3.63, 3.8) is 0 Å². The summed E-state index contributed by atoms with van der Waals surface area (Å²) in [7, 11) is 0. The molecule has 11 heavy (non-hydrogen) atoms. The molecular formula is C9H21NO. The van der Waals surface area contributed by atoms with Gasteiger partial charge in [0.05, 0.1) is 5.60 Å². The van der Waals surface area contributed by atoms with Crippen LogP contribution in [0.15, 0.2) is 0 Å². The fraction of sp³-hybridized carbons (Fsp3) is 1.00. The van der Waals surface area contributed by atoms with Gasteiger partial charge in [0.2, 0.25) is 0 Å². The molecule has 1 atom stereocenters. The predicted octanol–water partition coefficient (Wildman–Crippen LogP) is 1.54. The number of hydrogen-bond donors (Lipinski definition) is 2. The molecule has 0 saturated carbocycles. The maximum Gasteiger partial charge on any atom is 0.0629 e. The molecule has 2 nitrogen and oxygen atoms in total. The molecule has 0 aromatic carbocycles. The Balaban J connectivity index is 3.23. The van der Waals surface area contributed by atoms with Crippen LogP contribution in [-0.4, -0.2) is 23.8 Å². The molecule has 0 fully saturated rings. The molecule has 1 unspecified atom stereocenters. The van der Waals surface area contributed by atoms with E-state index in [4.69, 9.17) is 0 Å². The molecule has 68 valence electrons. The molecule has 0 rings (SSSR count). The molecule has 2 N–H and O–H groups in total. The Morgan fingerprint density at radius 2 is 1.91 bits per heavy atom. The van der Waals surface area contributed by atoms with Gasteiger partial charge in [0.25, 0.3) is 0 Å². The summed E-state index contributed by atoms with van der Waals surface area (Å²) in [6.07, 6.45) is 2.85. The van der Waals surface area contributed by atoms with Gasteiger partial charge < -0.3 is 10.4 Å². The van der Waals surface area contributed by atoms with E-state index in [1.54, 1.807) is 0 Å². The smallest absolute Gasteiger partial charge is 0.0629 e. The fourth-order valence-electron chi connectivity index (χ4n) is 0.836. The van der Waals surface area contributed by atoms with Gasteiger partial charge in [-0.1, -0.05) is 13.8 Å². The van der Waals surface area contributed by atoms with Crippen LogP contribution in [0.2, 0.25) is 0 Å². The van der Waals surface area contributed by atoms with Crippen LogP contribution in [0.3, 0.4) is 0 Å². The van der Waals surface area contributed by atoms with Crippen LogP contribution in [0.4, 0.5) is 0 Å². The van der Waals surface area contributed by atoms with Crippen molar-refractivity contribution in [2.24, 2.45) is 0 Å². The minimum Gasteiger partial charge on any atom is -0.390 e. The molecule has 0 aromatic rings. The van der Waals surface area contributed by atoms with Crippen molar-refractivity contribution in [3.8, 4) is 0 Å². The highest BCUT2D eigenvalue weighted by Crippen LogP contribution is 2.11. The number of hydrogen-bond acceptors (Lipinski definition) is 2. The highest BCUT2D eigenvalue weighted by atomic mass is 16.3. The summed E-state index contributed by atoms with van der Waals surface area (Å²) < 4.78 is 0. The van der Waals surface area contributed by atoms with Gasteiger partial charge in [-0.05, 0) is 39.3 Å². The zero-order valence-electron chi connectivity index (χ0n) is 7.98. The lowest BCUT2D eigenvalue weighted by molar-refractivity contribution is 0.0473. The third-order valence-electron chi connectivity index (χ3n) is 2.03. The van der Waals surface area contributed by atoms with Crippen LogP contribution in [0.5, 0.6) is 0 Å². The molecule has 0 aliphatic heterocycles. The van der Waals surface area contributed by atoms with Gasteiger partial charge in [-0.3, -0.25) is 0 Å². The lowest BCUT2D eigenvalue weighted by Gasteiger charge is -2.20. The molecule has 2 heteroatoms. The first kappa shape index (κ1) is 10.9. The first-order valence-electron chi connectivity index (χ1n) is 4.55. The summed E-state index contributed by atoms with van der Waals surface area (Å²) in [5.41, 5.74) is -0.471. The van der Waals surface area contributed by atoms with Crippen LogP contribution in [0, 0.1) is 0 Å². The second kappa shape index (κ2) is 5.56. The van der Waals surface area contributed by atoms with Crippen molar-refractivity contribution in [1.82, 2.24) is 5.32 Å². The number of nitrogens with one attached hydrogen (secondary N) is 1. The lowest BCUT2D eigenvalue weighted by atomic mass is 9.99. The van der Waals surface area contributed by atoms with Gasteiger partial charge in [-0.25, -0.2) is 0 Å². The maximum absolute atomic E-state index is 9.58. The Labute approximate surface area is 70.0 Å². The fourth-order valence-corrected chi connectivity index (χ4v) is 0.836. The summed E-state index contributed by atoms with van der Waals surface area (Å²) in [5.74, 6) is 0. The van der Waals surface area contributed by atoms with Crippen LogP contribution in [-0.2, 0) is 0 Å². The normalized spacial score (nSPS) is 16.4. The SMILES string of the molecule is CCCNCCC(C)(O)CC. The summed E-state index contributed by atoms with van der Waals surface area (Å²) in [5, 5.41) is 12.8. The van der Waals surface area contributed by atoms with Crippen molar-refractivity contribution >= 4 is 0 Å². The third-order valence-corrected chi connectivity index (χ3v) is 2.03. The first-order valence-corrected chi connectivity index (χ1v) is 4.55. The second-order valence-corrected chi connectivity index (χ2v) is 3.35. The Bertz CT molecular complexity index is 91.6. The van der Waals surface area contributed by atoms with Crippen molar-refractivity contribution in [2.45, 2.75) is 45.6 Å². The molecule has 0 bridgehead atoms. The predicted molar refractivity (Wildman–Crippen MR) is 48.7 cm³/mol. The zero-order valence-corrected chi connectivity index (χ0v) is 7.98. The molecule has 0 radical (unpaired) electrons. The minimum atomic E-state index is -0.471. The Kier molecular flexibility index (Phi) is 5.51. The molecule has 0 saturated heterocycles. The number of aliphatic hydroxyl groups is 1. The van der Waals surface area contributed by atoms with Crippen molar-refractivity contribution in [2.75, 3.05) is 13.1 Å². The summed E-state index contributed by atoms with van der Waals surface area (Å²) in [6, 6.07) is 0. The standard InChI is InChI=1S/C9H21NO/c1-4-7-10-8-6-9(3,11)5-2/h10-11H,4-8H2,1-3H3. The van der Waals surface area contributed by atoms with Crippen LogP contribution >= 0.6 is 0 Å². The third kappa shape index (κ3) is 6.32. The van der Waals surface area contributed by atoms with Gasteiger partial charge in [-0.2, -0.15) is 0 Å².